The van der Waals surface area contributed by atoms with Gasteiger partial charge in [0.15, 0.2) is 11.6 Å². The highest BCUT2D eigenvalue weighted by Gasteiger charge is 2.19. The van der Waals surface area contributed by atoms with Gasteiger partial charge in [0, 0.05) is 5.56 Å². The van der Waals surface area contributed by atoms with Crippen molar-refractivity contribution in [3.05, 3.63) is 59.4 Å². The van der Waals surface area contributed by atoms with Gasteiger partial charge in [0.05, 0.1) is 17.2 Å². The van der Waals surface area contributed by atoms with Crippen molar-refractivity contribution in [2.75, 3.05) is 4.72 Å². The summed E-state index contributed by atoms with van der Waals surface area (Å²) in [5.74, 6) is -3.32. The molecule has 112 valence electrons. The third-order valence-electron chi connectivity index (χ3n) is 2.69. The number of halogens is 3. The van der Waals surface area contributed by atoms with E-state index in [1.165, 1.54) is 0 Å². The molecule has 0 atom stereocenters. The molecule has 21 heavy (non-hydrogen) atoms. The van der Waals surface area contributed by atoms with Gasteiger partial charge in [-0.1, -0.05) is 6.07 Å². The molecule has 0 aliphatic heterocycles. The Hall–Kier alpha value is -2.06. The van der Waals surface area contributed by atoms with E-state index in [9.17, 15) is 21.6 Å². The maximum absolute atomic E-state index is 13.5. The molecule has 0 unspecified atom stereocenters. The van der Waals surface area contributed by atoms with Crippen LogP contribution in [0.3, 0.4) is 0 Å². The van der Waals surface area contributed by atoms with Crippen molar-refractivity contribution in [2.45, 2.75) is 11.5 Å². The zero-order chi connectivity index (χ0) is 15.6. The van der Waals surface area contributed by atoms with Crippen LogP contribution in [-0.4, -0.2) is 13.5 Å². The zero-order valence-electron chi connectivity index (χ0n) is 10.5. The van der Waals surface area contributed by atoms with Gasteiger partial charge >= 0.3 is 0 Å². The fourth-order valence-corrected chi connectivity index (χ4v) is 2.74. The van der Waals surface area contributed by atoms with E-state index in [-0.39, 0.29) is 10.5 Å². The maximum atomic E-state index is 13.5. The highest BCUT2D eigenvalue weighted by Crippen LogP contribution is 2.22. The lowest BCUT2D eigenvalue weighted by molar-refractivity contribution is 0.275. The van der Waals surface area contributed by atoms with Crippen molar-refractivity contribution < 1.29 is 26.7 Å². The Bertz CT molecular complexity index is 778. The fraction of sp³-hybridized carbons (Fsp3) is 0.0769. The molecule has 0 aliphatic rings. The summed E-state index contributed by atoms with van der Waals surface area (Å²) in [4.78, 5) is -0.378. The van der Waals surface area contributed by atoms with E-state index in [4.69, 9.17) is 5.11 Å². The highest BCUT2D eigenvalue weighted by atomic mass is 32.2. The fourth-order valence-electron chi connectivity index (χ4n) is 1.63. The predicted octanol–water partition coefficient (Wildman–Crippen LogP) is 2.40. The minimum atomic E-state index is -4.24. The number of sulfonamides is 1. The molecule has 0 saturated carbocycles. The lowest BCUT2D eigenvalue weighted by atomic mass is 10.2. The van der Waals surface area contributed by atoms with Gasteiger partial charge in [-0.25, -0.2) is 21.6 Å². The SMILES string of the molecule is O=S(=O)(Nc1cccc(F)c1F)c1ccc(F)c(CO)c1. The molecule has 0 aromatic heterocycles. The molecule has 0 bridgehead atoms. The van der Waals surface area contributed by atoms with Crippen molar-refractivity contribution in [2.24, 2.45) is 0 Å². The van der Waals surface area contributed by atoms with Crippen LogP contribution in [0.2, 0.25) is 0 Å². The van der Waals surface area contributed by atoms with Gasteiger partial charge in [0.1, 0.15) is 5.82 Å². The number of hydrogen-bond donors (Lipinski definition) is 2. The summed E-state index contributed by atoms with van der Waals surface area (Å²) < 4.78 is 65.7. The van der Waals surface area contributed by atoms with Crippen LogP contribution in [0.5, 0.6) is 0 Å². The summed E-state index contributed by atoms with van der Waals surface area (Å²) >= 11 is 0. The van der Waals surface area contributed by atoms with E-state index in [1.807, 2.05) is 4.72 Å². The smallest absolute Gasteiger partial charge is 0.262 e. The van der Waals surface area contributed by atoms with Crippen LogP contribution >= 0.6 is 0 Å². The minimum absolute atomic E-state index is 0.224. The second-order valence-electron chi connectivity index (χ2n) is 4.12. The number of aliphatic hydroxyl groups excluding tert-OH is 1. The Morgan fingerprint density at radius 2 is 1.76 bits per heavy atom. The average Bonchev–Trinajstić information content (AvgIpc) is 2.44. The van der Waals surface area contributed by atoms with Crippen LogP contribution in [0.4, 0.5) is 18.9 Å². The predicted molar refractivity (Wildman–Crippen MR) is 69.5 cm³/mol. The molecule has 0 saturated heterocycles. The van der Waals surface area contributed by atoms with E-state index in [0.29, 0.717) is 0 Å². The first kappa shape index (κ1) is 15.3. The molecule has 0 aliphatic carbocycles. The van der Waals surface area contributed by atoms with Crippen LogP contribution in [0.1, 0.15) is 5.56 Å². The molecule has 0 amide bonds. The summed E-state index contributed by atoms with van der Waals surface area (Å²) in [6.45, 7) is -0.691. The number of hydrogen-bond acceptors (Lipinski definition) is 3. The van der Waals surface area contributed by atoms with Gasteiger partial charge in [0.25, 0.3) is 10.0 Å². The van der Waals surface area contributed by atoms with Gasteiger partial charge < -0.3 is 5.11 Å². The van der Waals surface area contributed by atoms with Crippen LogP contribution < -0.4 is 4.72 Å². The van der Waals surface area contributed by atoms with Gasteiger partial charge in [-0.15, -0.1) is 0 Å². The first-order chi connectivity index (χ1) is 9.85. The molecule has 4 nitrogen and oxygen atoms in total. The summed E-state index contributed by atoms with van der Waals surface area (Å²) in [6, 6.07) is 5.76. The van der Waals surface area contributed by atoms with Crippen molar-refractivity contribution >= 4 is 15.7 Å². The minimum Gasteiger partial charge on any atom is -0.392 e. The van der Waals surface area contributed by atoms with Crippen LogP contribution in [0, 0.1) is 17.5 Å². The first-order valence-electron chi connectivity index (χ1n) is 5.71. The quantitative estimate of drug-likeness (QED) is 0.910. The second-order valence-corrected chi connectivity index (χ2v) is 5.80. The summed E-state index contributed by atoms with van der Waals surface area (Å²) in [5, 5.41) is 8.91. The van der Waals surface area contributed by atoms with Gasteiger partial charge in [-0.2, -0.15) is 0 Å². The second kappa shape index (κ2) is 5.74. The third kappa shape index (κ3) is 3.17. The third-order valence-corrected chi connectivity index (χ3v) is 4.06. The summed E-state index contributed by atoms with van der Waals surface area (Å²) in [6.07, 6.45) is 0. The van der Waals surface area contributed by atoms with E-state index in [2.05, 4.69) is 0 Å². The Kier molecular flexibility index (Phi) is 4.19. The van der Waals surface area contributed by atoms with Gasteiger partial charge in [-0.3, -0.25) is 4.72 Å². The molecule has 8 heteroatoms. The average molecular weight is 317 g/mol. The number of nitrogens with one attached hydrogen (secondary N) is 1. The largest absolute Gasteiger partial charge is 0.392 e. The number of rotatable bonds is 4. The molecule has 2 aromatic carbocycles. The number of aliphatic hydroxyl groups is 1. The van der Waals surface area contributed by atoms with E-state index < -0.39 is 39.8 Å². The van der Waals surface area contributed by atoms with Crippen LogP contribution in [0.25, 0.3) is 0 Å². The topological polar surface area (TPSA) is 66.4 Å². The van der Waals surface area contributed by atoms with Crippen molar-refractivity contribution in [3.63, 3.8) is 0 Å². The van der Waals surface area contributed by atoms with Crippen LogP contribution in [-0.2, 0) is 16.6 Å². The molecule has 2 rings (SSSR count). The maximum Gasteiger partial charge on any atom is 0.262 e. The molecular weight excluding hydrogens is 307 g/mol. The monoisotopic (exact) mass is 317 g/mol. The Morgan fingerprint density at radius 3 is 2.43 bits per heavy atom. The molecule has 2 aromatic rings. The standard InChI is InChI=1S/C13H10F3NO3S/c14-10-5-4-9(6-8(10)7-18)21(19,20)17-12-3-1-2-11(15)13(12)16/h1-6,17-18H,7H2. The molecule has 2 N–H and O–H groups in total. The van der Waals surface area contributed by atoms with Gasteiger partial charge in [-0.05, 0) is 30.3 Å². The molecular formula is C13H10F3NO3S. The Morgan fingerprint density at radius 1 is 1.05 bits per heavy atom. The Labute approximate surface area is 118 Å². The van der Waals surface area contributed by atoms with Crippen molar-refractivity contribution in [1.82, 2.24) is 0 Å². The molecule has 0 spiro atoms. The highest BCUT2D eigenvalue weighted by molar-refractivity contribution is 7.92. The normalized spacial score (nSPS) is 11.4. The summed E-state index contributed by atoms with van der Waals surface area (Å²) in [5.41, 5.74) is -0.789. The summed E-state index contributed by atoms with van der Waals surface area (Å²) in [7, 11) is -4.24. The zero-order valence-corrected chi connectivity index (χ0v) is 11.3. The first-order valence-corrected chi connectivity index (χ1v) is 7.19. The number of benzene rings is 2. The number of anilines is 1. The Balaban J connectivity index is 2.41. The lowest BCUT2D eigenvalue weighted by Gasteiger charge is -2.10. The molecule has 0 radical (unpaired) electrons. The van der Waals surface area contributed by atoms with E-state index in [1.54, 1.807) is 0 Å². The van der Waals surface area contributed by atoms with E-state index >= 15 is 0 Å². The molecule has 0 fully saturated rings. The van der Waals surface area contributed by atoms with Crippen molar-refractivity contribution in [3.8, 4) is 0 Å². The lowest BCUT2D eigenvalue weighted by Crippen LogP contribution is -2.15. The van der Waals surface area contributed by atoms with Crippen molar-refractivity contribution in [1.29, 1.82) is 0 Å². The van der Waals surface area contributed by atoms with Crippen LogP contribution in [0.15, 0.2) is 41.3 Å². The van der Waals surface area contributed by atoms with E-state index in [0.717, 1.165) is 36.4 Å². The molecule has 0 heterocycles. The van der Waals surface area contributed by atoms with Gasteiger partial charge in [0.2, 0.25) is 0 Å².